The zero-order valence-corrected chi connectivity index (χ0v) is 14.4. The second kappa shape index (κ2) is 5.03. The number of rotatable bonds is 3. The quantitative estimate of drug-likeness (QED) is 0.536. The average molecular weight is 284 g/mol. The van der Waals surface area contributed by atoms with E-state index in [1.807, 2.05) is 18.2 Å². The highest BCUT2D eigenvalue weighted by Crippen LogP contribution is 2.27. The van der Waals surface area contributed by atoms with Gasteiger partial charge in [-0.3, -0.25) is 0 Å². The zero-order valence-electron chi connectivity index (χ0n) is 11.6. The molecule has 0 bridgehead atoms. The van der Waals surface area contributed by atoms with Gasteiger partial charge in [-0.05, 0) is 18.2 Å². The molecule has 0 atom stereocenters. The van der Waals surface area contributed by atoms with Crippen LogP contribution in [-0.2, 0) is 0 Å². The minimum absolute atomic E-state index is 0.687. The highest BCUT2D eigenvalue weighted by molar-refractivity contribution is 6.90. The van der Waals surface area contributed by atoms with Crippen LogP contribution < -0.4 is 0 Å². The fourth-order valence-electron chi connectivity index (χ4n) is 2.41. The first kappa shape index (κ1) is 14.6. The third kappa shape index (κ3) is 4.04. The summed E-state index contributed by atoms with van der Waals surface area (Å²) in [4.78, 5) is 0. The summed E-state index contributed by atoms with van der Waals surface area (Å²) in [5.41, 5.74) is 4.28. The molecule has 1 aliphatic carbocycles. The van der Waals surface area contributed by atoms with Gasteiger partial charge in [0.1, 0.15) is 16.5 Å². The highest BCUT2D eigenvalue weighted by atomic mass is 35.5. The van der Waals surface area contributed by atoms with Crippen molar-refractivity contribution in [3.63, 3.8) is 0 Å². The lowest BCUT2D eigenvalue weighted by Gasteiger charge is -2.46. The molecule has 0 radical (unpaired) electrons. The lowest BCUT2D eigenvalue weighted by molar-refractivity contribution is 0.782. The van der Waals surface area contributed by atoms with E-state index < -0.39 is 16.5 Å². The SMILES string of the molecule is C[Si](C)(C)N(C1=CC(Cl)=C=CC=C1)[Si](C)(C)C. The molecule has 0 N–H and O–H groups in total. The third-order valence-corrected chi connectivity index (χ3v) is 9.90. The fraction of sp³-hybridized carbons (Fsp3) is 0.462. The molecule has 0 spiro atoms. The van der Waals surface area contributed by atoms with E-state index in [0.29, 0.717) is 5.03 Å². The summed E-state index contributed by atoms with van der Waals surface area (Å²) < 4.78 is 2.65. The number of allylic oxidation sites excluding steroid dienone is 4. The van der Waals surface area contributed by atoms with Gasteiger partial charge in [0.2, 0.25) is 0 Å². The predicted octanol–water partition coefficient (Wildman–Crippen LogP) is 4.69. The summed E-state index contributed by atoms with van der Waals surface area (Å²) in [5, 5.41) is 0.687. The van der Waals surface area contributed by atoms with Crippen LogP contribution in [0.2, 0.25) is 39.3 Å². The third-order valence-electron chi connectivity index (χ3n) is 2.46. The molecule has 0 fully saturated rings. The van der Waals surface area contributed by atoms with Gasteiger partial charge in [-0.15, -0.1) is 5.73 Å². The Morgan fingerprint density at radius 2 is 1.59 bits per heavy atom. The summed E-state index contributed by atoms with van der Waals surface area (Å²) in [6.45, 7) is 14.3. The molecule has 0 aromatic rings. The minimum Gasteiger partial charge on any atom is -0.424 e. The second-order valence-corrected chi connectivity index (χ2v) is 16.7. The molecule has 94 valence electrons. The first-order chi connectivity index (χ1) is 7.62. The molecular formula is C13H22ClNSi2. The van der Waals surface area contributed by atoms with Crippen LogP contribution in [0.1, 0.15) is 0 Å². The molecule has 4 heteroatoms. The van der Waals surface area contributed by atoms with E-state index in [0.717, 1.165) is 0 Å². The first-order valence-electron chi connectivity index (χ1n) is 5.93. The van der Waals surface area contributed by atoms with E-state index in [1.54, 1.807) is 0 Å². The smallest absolute Gasteiger partial charge is 0.138 e. The van der Waals surface area contributed by atoms with Gasteiger partial charge in [0.25, 0.3) is 0 Å². The maximum absolute atomic E-state index is 6.12. The molecule has 1 rings (SSSR count). The van der Waals surface area contributed by atoms with Crippen LogP contribution in [0.15, 0.2) is 40.8 Å². The number of hydrogen-bond donors (Lipinski definition) is 0. The molecule has 0 heterocycles. The van der Waals surface area contributed by atoms with Crippen LogP contribution in [0.5, 0.6) is 0 Å². The molecule has 17 heavy (non-hydrogen) atoms. The van der Waals surface area contributed by atoms with Crippen molar-refractivity contribution >= 4 is 28.1 Å². The molecule has 0 unspecified atom stereocenters. The van der Waals surface area contributed by atoms with Gasteiger partial charge in [0, 0.05) is 5.70 Å². The van der Waals surface area contributed by atoms with E-state index in [1.165, 1.54) is 5.70 Å². The van der Waals surface area contributed by atoms with Gasteiger partial charge in [-0.2, -0.15) is 0 Å². The van der Waals surface area contributed by atoms with Crippen LogP contribution in [0.3, 0.4) is 0 Å². The van der Waals surface area contributed by atoms with Gasteiger partial charge in [0.05, 0.1) is 5.03 Å². The largest absolute Gasteiger partial charge is 0.424 e. The zero-order chi connectivity index (χ0) is 13.3. The van der Waals surface area contributed by atoms with Crippen LogP contribution in [0, 0.1) is 0 Å². The van der Waals surface area contributed by atoms with Crippen LogP contribution >= 0.6 is 11.6 Å². The minimum atomic E-state index is -1.40. The highest BCUT2D eigenvalue weighted by Gasteiger charge is 2.35. The van der Waals surface area contributed by atoms with Crippen molar-refractivity contribution in [2.75, 3.05) is 0 Å². The van der Waals surface area contributed by atoms with E-state index in [2.05, 4.69) is 55.3 Å². The van der Waals surface area contributed by atoms with Crippen LogP contribution in [0.4, 0.5) is 0 Å². The standard InChI is InChI=1S/C13H22ClNSi2/c1-16(2,3)15(17(4,5)6)13-10-8-7-9-12(14)11-13/h7-8,10-11H,1-6H3. The number of hydrogen-bond acceptors (Lipinski definition) is 1. The lowest BCUT2D eigenvalue weighted by atomic mass is 10.4. The molecule has 1 nitrogen and oxygen atoms in total. The van der Waals surface area contributed by atoms with Crippen LogP contribution in [0.25, 0.3) is 0 Å². The fourth-order valence-corrected chi connectivity index (χ4v) is 12.5. The van der Waals surface area contributed by atoms with Crippen molar-refractivity contribution in [3.05, 3.63) is 40.8 Å². The Hall–Kier alpha value is -0.476. The maximum Gasteiger partial charge on any atom is 0.138 e. The normalized spacial score (nSPS) is 16.4. The van der Waals surface area contributed by atoms with E-state index in [4.69, 9.17) is 11.6 Å². The van der Waals surface area contributed by atoms with Crippen molar-refractivity contribution in [3.8, 4) is 0 Å². The Kier molecular flexibility index (Phi) is 4.31. The Morgan fingerprint density at radius 1 is 1.06 bits per heavy atom. The van der Waals surface area contributed by atoms with Crippen LogP contribution in [-0.4, -0.2) is 20.7 Å². The van der Waals surface area contributed by atoms with E-state index >= 15 is 0 Å². The lowest BCUT2D eigenvalue weighted by Crippen LogP contribution is -2.57. The van der Waals surface area contributed by atoms with Gasteiger partial charge in [0.15, 0.2) is 0 Å². The van der Waals surface area contributed by atoms with Gasteiger partial charge in [-0.1, -0.05) is 57.0 Å². The summed E-state index contributed by atoms with van der Waals surface area (Å²) in [6, 6.07) is 0. The molecule has 0 saturated carbocycles. The summed E-state index contributed by atoms with van der Waals surface area (Å²) in [6.07, 6.45) is 8.09. The predicted molar refractivity (Wildman–Crippen MR) is 83.2 cm³/mol. The van der Waals surface area contributed by atoms with Crippen molar-refractivity contribution in [2.45, 2.75) is 39.3 Å². The van der Waals surface area contributed by atoms with Gasteiger partial charge >= 0.3 is 0 Å². The molecule has 0 aromatic carbocycles. The van der Waals surface area contributed by atoms with Gasteiger partial charge in [-0.25, -0.2) is 0 Å². The average Bonchev–Trinajstić information content (AvgIpc) is 2.24. The Bertz CT molecular complexity index is 402. The molecular weight excluding hydrogens is 262 g/mol. The topological polar surface area (TPSA) is 3.24 Å². The Labute approximate surface area is 112 Å². The molecule has 0 aromatic heterocycles. The second-order valence-electron chi connectivity index (χ2n) is 6.26. The molecule has 0 saturated heterocycles. The van der Waals surface area contributed by atoms with E-state index in [9.17, 15) is 0 Å². The first-order valence-corrected chi connectivity index (χ1v) is 13.2. The number of halogens is 1. The van der Waals surface area contributed by atoms with E-state index in [-0.39, 0.29) is 0 Å². The summed E-state index contributed by atoms with van der Waals surface area (Å²) in [5.74, 6) is 0. The number of nitrogens with zero attached hydrogens (tertiary/aromatic N) is 1. The van der Waals surface area contributed by atoms with Crippen molar-refractivity contribution in [2.24, 2.45) is 0 Å². The maximum atomic E-state index is 6.12. The Morgan fingerprint density at radius 3 is 2.06 bits per heavy atom. The molecule has 0 amide bonds. The van der Waals surface area contributed by atoms with Gasteiger partial charge < -0.3 is 4.23 Å². The van der Waals surface area contributed by atoms with Crippen molar-refractivity contribution in [1.82, 2.24) is 4.23 Å². The molecule has 1 aliphatic rings. The Balaban J connectivity index is 3.23. The summed E-state index contributed by atoms with van der Waals surface area (Å²) >= 11 is 6.12. The molecule has 0 aliphatic heterocycles. The van der Waals surface area contributed by atoms with Crippen molar-refractivity contribution in [1.29, 1.82) is 0 Å². The van der Waals surface area contributed by atoms with Crippen molar-refractivity contribution < 1.29 is 0 Å². The summed E-state index contributed by atoms with van der Waals surface area (Å²) in [7, 11) is -2.80. The monoisotopic (exact) mass is 283 g/mol.